The number of rotatable bonds is 2. The van der Waals surface area contributed by atoms with Crippen LogP contribution in [-0.2, 0) is 13.7 Å². The smallest absolute Gasteiger partial charge is 0.457 e. The average Bonchev–Trinajstić information content (AvgIpc) is 1.63. The van der Waals surface area contributed by atoms with Crippen molar-refractivity contribution in [1.29, 1.82) is 0 Å². The molecule has 0 aliphatic heterocycles. The summed E-state index contributed by atoms with van der Waals surface area (Å²) in [7, 11) is -2.24. The van der Waals surface area contributed by atoms with Crippen molar-refractivity contribution >= 4 is 14.9 Å². The van der Waals surface area contributed by atoms with Gasteiger partial charge in [0, 0.05) is 6.55 Å². The van der Waals surface area contributed by atoms with E-state index in [2.05, 4.69) is 4.43 Å². The van der Waals surface area contributed by atoms with Gasteiger partial charge in [-0.25, -0.2) is 0 Å². The van der Waals surface area contributed by atoms with E-state index in [1.54, 1.807) is 0 Å². The third kappa shape index (κ3) is 3.98. The highest BCUT2D eigenvalue weighted by Gasteiger charge is 2.12. The van der Waals surface area contributed by atoms with Gasteiger partial charge >= 0.3 is 14.9 Å². The molecule has 0 radical (unpaired) electrons. The van der Waals surface area contributed by atoms with Crippen molar-refractivity contribution < 1.29 is 18.8 Å². The lowest BCUT2D eigenvalue weighted by molar-refractivity contribution is -0.143. The molecule has 0 spiro atoms. The molecule has 0 fully saturated rings. The Labute approximate surface area is 54.2 Å². The van der Waals surface area contributed by atoms with Crippen LogP contribution in [0.2, 0.25) is 6.55 Å². The molecule has 9 heavy (non-hydrogen) atoms. The molecule has 0 amide bonds. The van der Waals surface area contributed by atoms with Gasteiger partial charge in [-0.3, -0.25) is 4.79 Å². The normalized spacial score (nSPS) is 12.3. The summed E-state index contributed by atoms with van der Waals surface area (Å²) in [5.41, 5.74) is 0. The maximum Gasteiger partial charge on any atom is 0.506 e. The van der Waals surface area contributed by atoms with Crippen LogP contribution < -0.4 is 0 Å². The van der Waals surface area contributed by atoms with Gasteiger partial charge in [-0.15, -0.1) is 0 Å². The van der Waals surface area contributed by atoms with E-state index in [-0.39, 0.29) is 0 Å². The van der Waals surface area contributed by atoms with Crippen LogP contribution in [0, 0.1) is 0 Å². The summed E-state index contributed by atoms with van der Waals surface area (Å²) in [6, 6.07) is 0. The average molecular weight is 148 g/mol. The number of aliphatic hydroxyl groups excluding tert-OH is 1. The van der Waals surface area contributed by atoms with E-state index in [0.29, 0.717) is 0 Å². The Bertz CT molecular complexity index is 131. The quantitative estimate of drug-likeness (QED) is 0.534. The van der Waals surface area contributed by atoms with E-state index in [1.807, 2.05) is 0 Å². The van der Waals surface area contributed by atoms with Crippen molar-refractivity contribution in [3.63, 3.8) is 0 Å². The molecule has 0 saturated heterocycles. The fraction of sp³-hybridized carbons (Fsp3) is 0.750. The van der Waals surface area contributed by atoms with Gasteiger partial charge in [-0.1, -0.05) is 0 Å². The Morgan fingerprint density at radius 1 is 1.78 bits per heavy atom. The Balaban J connectivity index is 3.64. The molecule has 0 aliphatic carbocycles. The molecule has 0 aromatic heterocycles. The van der Waals surface area contributed by atoms with Crippen molar-refractivity contribution in [2.45, 2.75) is 19.6 Å². The number of carbonyl (C=O) groups is 1. The Morgan fingerprint density at radius 3 is 2.33 bits per heavy atom. The summed E-state index contributed by atoms with van der Waals surface area (Å²) in [5.74, 6) is -0.832. The highest BCUT2D eigenvalue weighted by molar-refractivity contribution is 6.35. The number of hydrogen-bond acceptors (Lipinski definition) is 4. The summed E-state index contributed by atoms with van der Waals surface area (Å²) in [5, 5.41) is 8.47. The molecule has 0 bridgehead atoms. The molecule has 4 nitrogen and oxygen atoms in total. The van der Waals surface area contributed by atoms with Crippen LogP contribution >= 0.6 is 0 Å². The minimum Gasteiger partial charge on any atom is -0.457 e. The summed E-state index contributed by atoms with van der Waals surface area (Å²) in [4.78, 5) is 10.3. The zero-order chi connectivity index (χ0) is 7.44. The summed E-state index contributed by atoms with van der Waals surface area (Å²) < 4.78 is 14.4. The van der Waals surface area contributed by atoms with Crippen LogP contribution in [0.3, 0.4) is 0 Å². The second-order valence-corrected chi connectivity index (χ2v) is 2.78. The molecule has 1 N–H and O–H groups in total. The molecular formula is C4H8O4Si. The maximum absolute atomic E-state index is 10.3. The Morgan fingerprint density at radius 2 is 2.22 bits per heavy atom. The van der Waals surface area contributed by atoms with Gasteiger partial charge in [0.2, 0.25) is 0 Å². The van der Waals surface area contributed by atoms with E-state index >= 15 is 0 Å². The molecule has 0 aromatic carbocycles. The van der Waals surface area contributed by atoms with E-state index in [9.17, 15) is 9.26 Å². The van der Waals surface area contributed by atoms with Crippen LogP contribution in [0.15, 0.2) is 0 Å². The van der Waals surface area contributed by atoms with Gasteiger partial charge in [-0.2, -0.15) is 0 Å². The molecule has 0 aromatic rings. The van der Waals surface area contributed by atoms with Crippen LogP contribution in [0.5, 0.6) is 0 Å². The van der Waals surface area contributed by atoms with Crippen molar-refractivity contribution in [2.75, 3.05) is 0 Å². The first-order valence-electron chi connectivity index (χ1n) is 2.44. The van der Waals surface area contributed by atoms with Crippen molar-refractivity contribution in [1.82, 2.24) is 0 Å². The molecular weight excluding hydrogens is 140 g/mol. The van der Waals surface area contributed by atoms with Crippen molar-refractivity contribution in [3.05, 3.63) is 0 Å². The molecule has 1 unspecified atom stereocenters. The second kappa shape index (κ2) is 3.47. The molecule has 1 atom stereocenters. The lowest BCUT2D eigenvalue weighted by Crippen LogP contribution is -2.22. The second-order valence-electron chi connectivity index (χ2n) is 1.59. The zero-order valence-corrected chi connectivity index (χ0v) is 6.25. The topological polar surface area (TPSA) is 63.6 Å². The van der Waals surface area contributed by atoms with Gasteiger partial charge in [0.05, 0.1) is 0 Å². The fourth-order valence-corrected chi connectivity index (χ4v) is 0.681. The minimum absolute atomic E-state index is 0.832. The van der Waals surface area contributed by atoms with Gasteiger partial charge in [-0.05, 0) is 6.92 Å². The largest absolute Gasteiger partial charge is 0.506 e. The number of hydrogen-bond donors (Lipinski definition) is 1. The predicted octanol–water partition coefficient (Wildman–Crippen LogP) is -0.541. The summed E-state index contributed by atoms with van der Waals surface area (Å²) in [6.45, 7) is 2.54. The number of carbonyl (C=O) groups excluding carboxylic acids is 1. The summed E-state index contributed by atoms with van der Waals surface area (Å²) in [6.07, 6.45) is -1.18. The van der Waals surface area contributed by atoms with Crippen LogP contribution in [0.25, 0.3) is 0 Å². The first-order chi connectivity index (χ1) is 4.04. The van der Waals surface area contributed by atoms with Gasteiger partial charge in [0.15, 0.2) is 0 Å². The Kier molecular flexibility index (Phi) is 3.26. The zero-order valence-electron chi connectivity index (χ0n) is 5.25. The SMILES string of the molecule is CC(O)C(=O)O[Si](C)=O. The lowest BCUT2D eigenvalue weighted by Gasteiger charge is -1.99. The highest BCUT2D eigenvalue weighted by atomic mass is 28.3. The number of aliphatic hydroxyl groups is 1. The molecule has 0 heterocycles. The van der Waals surface area contributed by atoms with Crippen LogP contribution in [0.1, 0.15) is 6.92 Å². The molecule has 5 heteroatoms. The van der Waals surface area contributed by atoms with E-state index in [4.69, 9.17) is 5.11 Å². The molecule has 0 saturated carbocycles. The maximum atomic E-state index is 10.3. The van der Waals surface area contributed by atoms with Crippen molar-refractivity contribution in [3.8, 4) is 0 Å². The van der Waals surface area contributed by atoms with Gasteiger partial charge < -0.3 is 14.0 Å². The van der Waals surface area contributed by atoms with Crippen molar-refractivity contribution in [2.24, 2.45) is 0 Å². The Hall–Kier alpha value is -0.553. The van der Waals surface area contributed by atoms with Crippen LogP contribution in [0.4, 0.5) is 0 Å². The van der Waals surface area contributed by atoms with Gasteiger partial charge in [0.1, 0.15) is 6.10 Å². The molecule has 0 aliphatic rings. The molecule has 0 rings (SSSR count). The predicted molar refractivity (Wildman–Crippen MR) is 30.1 cm³/mol. The third-order valence-electron chi connectivity index (χ3n) is 0.585. The third-order valence-corrected chi connectivity index (χ3v) is 1.07. The monoisotopic (exact) mass is 148 g/mol. The van der Waals surface area contributed by atoms with Gasteiger partial charge in [0.25, 0.3) is 0 Å². The van der Waals surface area contributed by atoms with E-state index < -0.39 is 21.0 Å². The first-order valence-corrected chi connectivity index (χ1v) is 4.26. The van der Waals surface area contributed by atoms with E-state index in [1.165, 1.54) is 13.5 Å². The summed E-state index contributed by atoms with van der Waals surface area (Å²) >= 11 is 0. The first kappa shape index (κ1) is 8.45. The minimum atomic E-state index is -2.24. The van der Waals surface area contributed by atoms with E-state index in [0.717, 1.165) is 0 Å². The fourth-order valence-electron chi connectivity index (χ4n) is 0.227. The standard InChI is InChI=1S/C4H8O4Si/c1-3(5)4(6)8-9(2)7/h3,5H,1-2H3. The van der Waals surface area contributed by atoms with Crippen LogP contribution in [-0.4, -0.2) is 26.1 Å². The lowest BCUT2D eigenvalue weighted by atomic mass is 10.4. The highest BCUT2D eigenvalue weighted by Crippen LogP contribution is 1.85. The molecule has 52 valence electrons.